The van der Waals surface area contributed by atoms with E-state index in [-0.39, 0.29) is 5.69 Å². The molecule has 0 bridgehead atoms. The van der Waals surface area contributed by atoms with Gasteiger partial charge < -0.3 is 0 Å². The van der Waals surface area contributed by atoms with Crippen molar-refractivity contribution in [3.8, 4) is 0 Å². The minimum atomic E-state index is -1.08. The number of benzene rings is 1. The Morgan fingerprint density at radius 3 is 2.67 bits per heavy atom. The summed E-state index contributed by atoms with van der Waals surface area (Å²) in [7, 11) is 0. The predicted octanol–water partition coefficient (Wildman–Crippen LogP) is -1.23. The average Bonchev–Trinajstić information content (AvgIpc) is 2.10. The van der Waals surface area contributed by atoms with Crippen molar-refractivity contribution >= 4 is 11.6 Å². The maximum atomic E-state index is 12.7. The first kappa shape index (κ1) is 10.8. The zero-order valence-corrected chi connectivity index (χ0v) is 7.33. The van der Waals surface area contributed by atoms with Crippen LogP contribution in [-0.2, 0) is 0 Å². The number of nitrogens with two attached hydrogens (primary N) is 1. The Labute approximate surface area is 82.5 Å². The van der Waals surface area contributed by atoms with E-state index in [0.29, 0.717) is 0 Å². The Morgan fingerprint density at radius 1 is 1.47 bits per heavy atom. The van der Waals surface area contributed by atoms with Gasteiger partial charge in [0.05, 0.1) is 0 Å². The highest BCUT2D eigenvalue weighted by molar-refractivity contribution is 5.71. The Kier molecular flexibility index (Phi) is 3.11. The first-order valence-corrected chi connectivity index (χ1v) is 3.74. The van der Waals surface area contributed by atoms with Crippen LogP contribution in [0.1, 0.15) is 0 Å². The quantitative estimate of drug-likeness (QED) is 0.250. The van der Waals surface area contributed by atoms with Crippen molar-refractivity contribution in [1.82, 2.24) is 5.43 Å². The molecule has 0 unspecified atom stereocenters. The van der Waals surface area contributed by atoms with Crippen LogP contribution in [0.25, 0.3) is 0 Å². The smallest absolute Gasteiger partial charge is 0.286 e. The number of guanidine groups is 1. The molecule has 80 valence electrons. The maximum Gasteiger partial charge on any atom is 0.408 e. The number of nitro groups is 1. The molecule has 0 atom stereocenters. The second kappa shape index (κ2) is 4.31. The molecule has 0 aromatic heterocycles. The summed E-state index contributed by atoms with van der Waals surface area (Å²) >= 11 is 0. The van der Waals surface area contributed by atoms with Gasteiger partial charge in [0, 0.05) is 11.5 Å². The van der Waals surface area contributed by atoms with Crippen molar-refractivity contribution in [1.29, 1.82) is 0 Å². The van der Waals surface area contributed by atoms with Gasteiger partial charge in [0.2, 0.25) is 5.03 Å². The Balaban J connectivity index is 2.88. The van der Waals surface area contributed by atoms with E-state index in [2.05, 4.69) is 4.99 Å². The lowest BCUT2D eigenvalue weighted by atomic mass is 10.3. The molecule has 8 heteroatoms. The summed E-state index contributed by atoms with van der Waals surface area (Å²) in [6.07, 6.45) is 0. The van der Waals surface area contributed by atoms with Gasteiger partial charge >= 0.3 is 5.96 Å². The molecule has 0 aliphatic rings. The third-order valence-electron chi connectivity index (χ3n) is 1.41. The minimum Gasteiger partial charge on any atom is -0.286 e. The largest absolute Gasteiger partial charge is 0.408 e. The van der Waals surface area contributed by atoms with E-state index >= 15 is 0 Å². The number of hydrogen-bond donors (Lipinski definition) is 3. The molecule has 0 aliphatic carbocycles. The van der Waals surface area contributed by atoms with E-state index in [1.807, 2.05) is 0 Å². The molecule has 0 heterocycles. The van der Waals surface area contributed by atoms with Gasteiger partial charge in [0.15, 0.2) is 11.6 Å². The van der Waals surface area contributed by atoms with Crippen LogP contribution >= 0.6 is 0 Å². The van der Waals surface area contributed by atoms with Crippen LogP contribution in [0.15, 0.2) is 18.2 Å². The molecule has 15 heavy (non-hydrogen) atoms. The molecule has 0 fully saturated rings. The van der Waals surface area contributed by atoms with Crippen LogP contribution in [0.3, 0.4) is 0 Å². The summed E-state index contributed by atoms with van der Waals surface area (Å²) in [6.45, 7) is 0. The fourth-order valence-electron chi connectivity index (χ4n) is 0.856. The van der Waals surface area contributed by atoms with Gasteiger partial charge in [0.25, 0.3) is 0 Å². The number of rotatable bonds is 2. The highest BCUT2D eigenvalue weighted by Gasteiger charge is 2.08. The first-order chi connectivity index (χ1) is 6.99. The number of nitrogens with zero attached hydrogens (tertiary/aromatic N) is 1. The molecule has 0 saturated heterocycles. The summed E-state index contributed by atoms with van der Waals surface area (Å²) in [4.78, 5) is 12.2. The van der Waals surface area contributed by atoms with Gasteiger partial charge in [-0.1, -0.05) is 0 Å². The van der Waals surface area contributed by atoms with E-state index in [9.17, 15) is 18.9 Å². The van der Waals surface area contributed by atoms with Crippen molar-refractivity contribution in [3.05, 3.63) is 39.9 Å². The van der Waals surface area contributed by atoms with Crippen LogP contribution < -0.4 is 16.2 Å². The van der Waals surface area contributed by atoms with Crippen molar-refractivity contribution in [3.63, 3.8) is 0 Å². The summed E-state index contributed by atoms with van der Waals surface area (Å²) < 4.78 is 25.2. The zero-order valence-electron chi connectivity index (χ0n) is 7.33. The lowest BCUT2D eigenvalue weighted by Gasteiger charge is -1.94. The lowest BCUT2D eigenvalue weighted by Crippen LogP contribution is -2.74. The van der Waals surface area contributed by atoms with E-state index in [1.165, 1.54) is 6.07 Å². The molecule has 0 aliphatic heterocycles. The molecule has 0 spiro atoms. The van der Waals surface area contributed by atoms with E-state index < -0.39 is 22.6 Å². The normalized spacial score (nSPS) is 11.2. The molecular weight excluding hydrogens is 210 g/mol. The highest BCUT2D eigenvalue weighted by Crippen LogP contribution is 2.07. The van der Waals surface area contributed by atoms with E-state index in [4.69, 9.17) is 5.73 Å². The first-order valence-electron chi connectivity index (χ1n) is 3.74. The maximum absolute atomic E-state index is 12.7. The van der Waals surface area contributed by atoms with Crippen LogP contribution in [0.5, 0.6) is 0 Å². The van der Waals surface area contributed by atoms with Crippen molar-refractivity contribution < 1.29 is 18.8 Å². The Hall–Kier alpha value is -2.25. The summed E-state index contributed by atoms with van der Waals surface area (Å²) in [5.41, 5.74) is 6.84. The summed E-state index contributed by atoms with van der Waals surface area (Å²) in [5.74, 6) is -2.48. The third kappa shape index (κ3) is 3.18. The molecular formula is C7H7F2N4O2+. The molecule has 0 radical (unpaired) electrons. The fraction of sp³-hybridized carbons (Fsp3) is 0. The molecule has 1 rings (SSSR count). The molecule has 6 nitrogen and oxygen atoms in total. The monoisotopic (exact) mass is 217 g/mol. The van der Waals surface area contributed by atoms with Crippen molar-refractivity contribution in [2.45, 2.75) is 0 Å². The van der Waals surface area contributed by atoms with E-state index in [0.717, 1.165) is 12.1 Å². The Morgan fingerprint density at radius 2 is 2.13 bits per heavy atom. The van der Waals surface area contributed by atoms with Crippen LogP contribution in [-0.4, -0.2) is 11.0 Å². The SMILES string of the molecule is NC(N[N+](=O)[O-])=[NH+]c1ccc(F)c(F)c1. The van der Waals surface area contributed by atoms with Crippen LogP contribution in [0, 0.1) is 21.7 Å². The van der Waals surface area contributed by atoms with Crippen molar-refractivity contribution in [2.24, 2.45) is 5.73 Å². The molecule has 1 aromatic rings. The van der Waals surface area contributed by atoms with Gasteiger partial charge in [-0.2, -0.15) is 0 Å². The summed E-state index contributed by atoms with van der Waals surface area (Å²) in [6, 6.07) is 2.88. The number of hydrogen-bond acceptors (Lipinski definition) is 2. The minimum absolute atomic E-state index is 0.0979. The average molecular weight is 217 g/mol. The summed E-state index contributed by atoms with van der Waals surface area (Å²) in [5, 5.41) is 9.05. The molecule has 0 amide bonds. The standard InChI is InChI=1S/C7H6F2N4O2/c8-5-2-1-4(3-6(5)9)11-7(10)12-13(14)15/h1-3H,(H3,10,11,12)/p+1. The van der Waals surface area contributed by atoms with Gasteiger partial charge in [-0.3, -0.25) is 5.73 Å². The molecule has 1 aromatic carbocycles. The highest BCUT2D eigenvalue weighted by atomic mass is 19.2. The topological polar surface area (TPSA) is 95.2 Å². The fourth-order valence-corrected chi connectivity index (χ4v) is 0.856. The second-order valence-electron chi connectivity index (χ2n) is 2.54. The van der Waals surface area contributed by atoms with Gasteiger partial charge in [0.1, 0.15) is 5.69 Å². The van der Waals surface area contributed by atoms with Crippen LogP contribution in [0.4, 0.5) is 14.5 Å². The van der Waals surface area contributed by atoms with Gasteiger partial charge in [-0.25, -0.2) is 23.9 Å². The Bertz CT molecular complexity index is 421. The third-order valence-corrected chi connectivity index (χ3v) is 1.41. The number of halogens is 2. The number of nitrogens with one attached hydrogen (secondary N) is 2. The molecule has 0 saturated carbocycles. The molecule has 4 N–H and O–H groups in total. The van der Waals surface area contributed by atoms with Crippen LogP contribution in [0.2, 0.25) is 0 Å². The van der Waals surface area contributed by atoms with Gasteiger partial charge in [-0.05, 0) is 12.1 Å². The van der Waals surface area contributed by atoms with Gasteiger partial charge in [-0.15, -0.1) is 0 Å². The van der Waals surface area contributed by atoms with E-state index in [1.54, 1.807) is 5.43 Å². The zero-order chi connectivity index (χ0) is 11.4. The second-order valence-corrected chi connectivity index (χ2v) is 2.54. The van der Waals surface area contributed by atoms with Crippen molar-refractivity contribution in [2.75, 3.05) is 0 Å². The lowest BCUT2D eigenvalue weighted by molar-refractivity contribution is -0.536. The predicted molar refractivity (Wildman–Crippen MR) is 46.3 cm³/mol. The number of hydrazine groups is 1.